The van der Waals surface area contributed by atoms with Gasteiger partial charge < -0.3 is 9.88 Å². The lowest BCUT2D eigenvalue weighted by Crippen LogP contribution is -2.32. The van der Waals surface area contributed by atoms with Gasteiger partial charge in [0.15, 0.2) is 0 Å². The van der Waals surface area contributed by atoms with Crippen LogP contribution >= 0.6 is 0 Å². The van der Waals surface area contributed by atoms with Gasteiger partial charge >= 0.3 is 0 Å². The molecule has 1 N–H and O–H groups in total. The fourth-order valence-corrected chi connectivity index (χ4v) is 2.13. The Morgan fingerprint density at radius 2 is 2.28 bits per heavy atom. The molecule has 1 aromatic carbocycles. The third-order valence-electron chi connectivity index (χ3n) is 2.95. The lowest BCUT2D eigenvalue weighted by molar-refractivity contribution is 0.0776. The van der Waals surface area contributed by atoms with Crippen molar-refractivity contribution in [1.82, 2.24) is 9.88 Å². The Morgan fingerprint density at radius 3 is 3.00 bits per heavy atom. The maximum atomic E-state index is 12.5. The van der Waals surface area contributed by atoms with Crippen molar-refractivity contribution in [2.45, 2.75) is 13.3 Å². The van der Waals surface area contributed by atoms with Gasteiger partial charge in [-0.2, -0.15) is 0 Å². The van der Waals surface area contributed by atoms with Gasteiger partial charge in [-0.15, -0.1) is 6.58 Å². The zero-order valence-corrected chi connectivity index (χ0v) is 10.6. The standard InChI is InChI=1S/C15H18N2O/c1-3-10-17(11-4-2)15(18)13-7-5-6-12-8-9-16-14(12)13/h3,5-9,16H,1,4,10-11H2,2H3. The maximum absolute atomic E-state index is 12.5. The van der Waals surface area contributed by atoms with Gasteiger partial charge in [-0.25, -0.2) is 0 Å². The van der Waals surface area contributed by atoms with Crippen LogP contribution < -0.4 is 0 Å². The molecule has 0 unspecified atom stereocenters. The van der Waals surface area contributed by atoms with Crippen molar-refractivity contribution in [3.63, 3.8) is 0 Å². The molecule has 18 heavy (non-hydrogen) atoms. The maximum Gasteiger partial charge on any atom is 0.256 e. The summed E-state index contributed by atoms with van der Waals surface area (Å²) in [4.78, 5) is 17.5. The molecule has 0 fully saturated rings. The summed E-state index contributed by atoms with van der Waals surface area (Å²) in [6.07, 6.45) is 4.57. The summed E-state index contributed by atoms with van der Waals surface area (Å²) in [7, 11) is 0. The number of hydrogen-bond donors (Lipinski definition) is 1. The normalized spacial score (nSPS) is 10.5. The zero-order chi connectivity index (χ0) is 13.0. The van der Waals surface area contributed by atoms with Crippen LogP contribution in [0.3, 0.4) is 0 Å². The Balaban J connectivity index is 2.36. The van der Waals surface area contributed by atoms with E-state index in [0.717, 1.165) is 29.4 Å². The lowest BCUT2D eigenvalue weighted by Gasteiger charge is -2.20. The SMILES string of the molecule is C=CCN(CCC)C(=O)c1cccc2cc[nH]c12. The number of fused-ring (bicyclic) bond motifs is 1. The van der Waals surface area contributed by atoms with E-state index in [1.54, 1.807) is 6.08 Å². The van der Waals surface area contributed by atoms with Gasteiger partial charge in [-0.3, -0.25) is 4.79 Å². The number of para-hydroxylation sites is 1. The number of nitrogens with one attached hydrogen (secondary N) is 1. The second-order valence-corrected chi connectivity index (χ2v) is 4.29. The Morgan fingerprint density at radius 1 is 1.44 bits per heavy atom. The third-order valence-corrected chi connectivity index (χ3v) is 2.95. The molecule has 0 radical (unpaired) electrons. The van der Waals surface area contributed by atoms with Crippen LogP contribution in [0.1, 0.15) is 23.7 Å². The minimum atomic E-state index is 0.0600. The van der Waals surface area contributed by atoms with Gasteiger partial charge in [0.1, 0.15) is 0 Å². The molecule has 1 aromatic heterocycles. The highest BCUT2D eigenvalue weighted by molar-refractivity contribution is 6.05. The molecule has 94 valence electrons. The molecule has 0 saturated carbocycles. The summed E-state index contributed by atoms with van der Waals surface area (Å²) >= 11 is 0. The van der Waals surface area contributed by atoms with Gasteiger partial charge in [0.05, 0.1) is 11.1 Å². The van der Waals surface area contributed by atoms with E-state index in [2.05, 4.69) is 18.5 Å². The summed E-state index contributed by atoms with van der Waals surface area (Å²) in [5.74, 6) is 0.0600. The van der Waals surface area contributed by atoms with E-state index in [4.69, 9.17) is 0 Å². The number of carbonyl (C=O) groups excluding carboxylic acids is 1. The fourth-order valence-electron chi connectivity index (χ4n) is 2.13. The first-order chi connectivity index (χ1) is 8.77. The largest absolute Gasteiger partial charge is 0.361 e. The van der Waals surface area contributed by atoms with Crippen molar-refractivity contribution in [2.24, 2.45) is 0 Å². The number of rotatable bonds is 5. The number of nitrogens with zero attached hydrogens (tertiary/aromatic N) is 1. The number of aromatic nitrogens is 1. The number of aromatic amines is 1. The highest BCUT2D eigenvalue weighted by Gasteiger charge is 2.16. The van der Waals surface area contributed by atoms with E-state index in [1.165, 1.54) is 0 Å². The van der Waals surface area contributed by atoms with Crippen molar-refractivity contribution in [3.05, 3.63) is 48.7 Å². The van der Waals surface area contributed by atoms with Gasteiger partial charge in [0.25, 0.3) is 5.91 Å². The average molecular weight is 242 g/mol. The van der Waals surface area contributed by atoms with Crippen LogP contribution in [0.4, 0.5) is 0 Å². The Labute approximate surface area is 107 Å². The molecular formula is C15H18N2O. The van der Waals surface area contributed by atoms with Crippen LogP contribution in [-0.2, 0) is 0 Å². The van der Waals surface area contributed by atoms with Crippen molar-refractivity contribution in [2.75, 3.05) is 13.1 Å². The van der Waals surface area contributed by atoms with Crippen molar-refractivity contribution in [1.29, 1.82) is 0 Å². The monoisotopic (exact) mass is 242 g/mol. The van der Waals surface area contributed by atoms with Gasteiger partial charge in [0.2, 0.25) is 0 Å². The molecule has 0 aliphatic carbocycles. The van der Waals surface area contributed by atoms with Crippen LogP contribution in [-0.4, -0.2) is 28.9 Å². The quantitative estimate of drug-likeness (QED) is 0.803. The number of hydrogen-bond acceptors (Lipinski definition) is 1. The molecule has 3 heteroatoms. The van der Waals surface area contributed by atoms with E-state index < -0.39 is 0 Å². The summed E-state index contributed by atoms with van der Waals surface area (Å²) < 4.78 is 0. The molecule has 0 atom stereocenters. The molecule has 2 rings (SSSR count). The Kier molecular flexibility index (Phi) is 3.82. The van der Waals surface area contributed by atoms with Crippen molar-refractivity contribution >= 4 is 16.8 Å². The molecular weight excluding hydrogens is 224 g/mol. The van der Waals surface area contributed by atoms with E-state index >= 15 is 0 Å². The summed E-state index contributed by atoms with van der Waals surface area (Å²) in [5.41, 5.74) is 1.64. The molecule has 1 heterocycles. The lowest BCUT2D eigenvalue weighted by atomic mass is 10.1. The van der Waals surface area contributed by atoms with Gasteiger partial charge in [0, 0.05) is 24.7 Å². The first-order valence-electron chi connectivity index (χ1n) is 6.24. The van der Waals surface area contributed by atoms with Crippen molar-refractivity contribution in [3.8, 4) is 0 Å². The molecule has 3 nitrogen and oxygen atoms in total. The minimum absolute atomic E-state index is 0.0600. The van der Waals surface area contributed by atoms with E-state index in [1.807, 2.05) is 35.4 Å². The van der Waals surface area contributed by atoms with Crippen LogP contribution in [0.2, 0.25) is 0 Å². The molecule has 2 aromatic rings. The summed E-state index contributed by atoms with van der Waals surface area (Å²) in [6.45, 7) is 7.12. The van der Waals surface area contributed by atoms with Crippen LogP contribution in [0.15, 0.2) is 43.1 Å². The fraction of sp³-hybridized carbons (Fsp3) is 0.267. The highest BCUT2D eigenvalue weighted by atomic mass is 16.2. The number of benzene rings is 1. The first kappa shape index (κ1) is 12.4. The van der Waals surface area contributed by atoms with Gasteiger partial charge in [-0.1, -0.05) is 25.1 Å². The third kappa shape index (κ3) is 2.30. The molecule has 0 aliphatic heterocycles. The molecule has 0 spiro atoms. The second-order valence-electron chi connectivity index (χ2n) is 4.29. The number of H-pyrrole nitrogens is 1. The van der Waals surface area contributed by atoms with Crippen molar-refractivity contribution < 1.29 is 4.79 Å². The predicted octanol–water partition coefficient (Wildman–Crippen LogP) is 3.21. The Bertz CT molecular complexity index is 556. The second kappa shape index (κ2) is 5.54. The van der Waals surface area contributed by atoms with Crippen LogP contribution in [0, 0.1) is 0 Å². The zero-order valence-electron chi connectivity index (χ0n) is 10.6. The number of amides is 1. The minimum Gasteiger partial charge on any atom is -0.361 e. The molecule has 0 saturated heterocycles. The summed E-state index contributed by atoms with van der Waals surface area (Å²) in [5, 5.41) is 1.07. The number of carbonyl (C=O) groups is 1. The molecule has 0 aliphatic rings. The van der Waals surface area contributed by atoms with Crippen LogP contribution in [0.5, 0.6) is 0 Å². The van der Waals surface area contributed by atoms with E-state index in [-0.39, 0.29) is 5.91 Å². The summed E-state index contributed by atoms with van der Waals surface area (Å²) in [6, 6.07) is 7.76. The van der Waals surface area contributed by atoms with E-state index in [0.29, 0.717) is 6.54 Å². The van der Waals surface area contributed by atoms with Gasteiger partial charge in [-0.05, 0) is 18.6 Å². The average Bonchev–Trinajstić information content (AvgIpc) is 2.85. The van der Waals surface area contributed by atoms with Crippen LogP contribution in [0.25, 0.3) is 10.9 Å². The molecule has 1 amide bonds. The Hall–Kier alpha value is -2.03. The first-order valence-corrected chi connectivity index (χ1v) is 6.24. The molecule has 0 bridgehead atoms. The predicted molar refractivity (Wildman–Crippen MR) is 74.7 cm³/mol. The topological polar surface area (TPSA) is 36.1 Å². The highest BCUT2D eigenvalue weighted by Crippen LogP contribution is 2.18. The van der Waals surface area contributed by atoms with E-state index in [9.17, 15) is 4.79 Å². The smallest absolute Gasteiger partial charge is 0.256 e.